The van der Waals surface area contributed by atoms with Crippen molar-refractivity contribution >= 4 is 22.9 Å². The van der Waals surface area contributed by atoms with Crippen molar-refractivity contribution in [2.75, 3.05) is 0 Å². The number of hydrogen-bond donors (Lipinski definition) is 1. The third kappa shape index (κ3) is 1.37. The van der Waals surface area contributed by atoms with Crippen LogP contribution in [0.2, 0.25) is 0 Å². The van der Waals surface area contributed by atoms with E-state index < -0.39 is 11.2 Å². The Kier molecular flexibility index (Phi) is 1.65. The molecule has 9 heavy (non-hydrogen) atoms. The molecular formula is C3H2IN3O2. The second kappa shape index (κ2) is 2.29. The van der Waals surface area contributed by atoms with Crippen molar-refractivity contribution in [2.45, 2.75) is 0 Å². The SMILES string of the molecule is O=c1cnn(I)c(=O)[nH]1. The summed E-state index contributed by atoms with van der Waals surface area (Å²) >= 11 is 1.66. The molecule has 0 amide bonds. The van der Waals surface area contributed by atoms with Crippen LogP contribution in [0.3, 0.4) is 0 Å². The summed E-state index contributed by atoms with van der Waals surface area (Å²) in [6, 6.07) is 0. The van der Waals surface area contributed by atoms with Gasteiger partial charge in [0.15, 0.2) is 0 Å². The lowest BCUT2D eigenvalue weighted by molar-refractivity contribution is 0.866. The Morgan fingerprint density at radius 1 is 1.67 bits per heavy atom. The van der Waals surface area contributed by atoms with Crippen molar-refractivity contribution < 1.29 is 0 Å². The minimum absolute atomic E-state index is 0.479. The molecule has 0 spiro atoms. The van der Waals surface area contributed by atoms with Crippen molar-refractivity contribution in [2.24, 2.45) is 0 Å². The second-order valence-electron chi connectivity index (χ2n) is 1.30. The summed E-state index contributed by atoms with van der Waals surface area (Å²) in [7, 11) is 0. The summed E-state index contributed by atoms with van der Waals surface area (Å²) in [5.41, 5.74) is -0.990. The Bertz CT molecular complexity index is 313. The van der Waals surface area contributed by atoms with Gasteiger partial charge >= 0.3 is 5.69 Å². The zero-order valence-electron chi connectivity index (χ0n) is 4.17. The molecule has 0 atom stereocenters. The third-order valence-corrected chi connectivity index (χ3v) is 1.36. The lowest BCUT2D eigenvalue weighted by Gasteiger charge is -1.85. The van der Waals surface area contributed by atoms with Crippen molar-refractivity contribution in [3.63, 3.8) is 0 Å². The number of halogens is 1. The lowest BCUT2D eigenvalue weighted by atomic mass is 10.9. The largest absolute Gasteiger partial charge is 0.354 e. The molecule has 0 saturated heterocycles. The number of nitrogens with one attached hydrogen (secondary N) is 1. The summed E-state index contributed by atoms with van der Waals surface area (Å²) in [5, 5.41) is 3.43. The van der Waals surface area contributed by atoms with Crippen LogP contribution in [0.25, 0.3) is 0 Å². The van der Waals surface area contributed by atoms with Gasteiger partial charge in [-0.2, -0.15) is 7.99 Å². The summed E-state index contributed by atoms with van der Waals surface area (Å²) < 4.78 is 1.01. The predicted octanol–water partition coefficient (Wildman–Crippen LogP) is -0.870. The van der Waals surface area contributed by atoms with Gasteiger partial charge in [0.1, 0.15) is 6.20 Å². The highest BCUT2D eigenvalue weighted by Gasteiger charge is 1.88. The fourth-order valence-electron chi connectivity index (χ4n) is 0.339. The number of aromatic nitrogens is 3. The summed E-state index contributed by atoms with van der Waals surface area (Å²) in [4.78, 5) is 22.8. The highest BCUT2D eigenvalue weighted by atomic mass is 127. The molecule has 0 fully saturated rings. The van der Waals surface area contributed by atoms with E-state index in [0.717, 1.165) is 9.09 Å². The molecule has 0 saturated carbocycles. The smallest absolute Gasteiger partial charge is 0.271 e. The molecule has 0 aliphatic carbocycles. The molecule has 1 rings (SSSR count). The fraction of sp³-hybridized carbons (Fsp3) is 0. The summed E-state index contributed by atoms with van der Waals surface area (Å²) in [5.74, 6) is 0. The monoisotopic (exact) mass is 239 g/mol. The first-order chi connectivity index (χ1) is 4.20. The minimum Gasteiger partial charge on any atom is -0.271 e. The minimum atomic E-state index is -0.511. The topological polar surface area (TPSA) is 67.8 Å². The van der Waals surface area contributed by atoms with Crippen molar-refractivity contribution in [3.8, 4) is 0 Å². The average Bonchev–Trinajstić information content (AvgIpc) is 1.80. The number of rotatable bonds is 0. The lowest BCUT2D eigenvalue weighted by Crippen LogP contribution is -2.26. The van der Waals surface area contributed by atoms with Crippen LogP contribution in [0.5, 0.6) is 0 Å². The molecule has 0 radical (unpaired) electrons. The van der Waals surface area contributed by atoms with E-state index in [-0.39, 0.29) is 0 Å². The van der Waals surface area contributed by atoms with E-state index in [9.17, 15) is 9.59 Å². The van der Waals surface area contributed by atoms with Crippen LogP contribution in [-0.4, -0.2) is 13.0 Å². The Hall–Kier alpha value is -0.660. The van der Waals surface area contributed by atoms with Crippen molar-refractivity contribution in [1.82, 2.24) is 13.0 Å². The molecule has 48 valence electrons. The second-order valence-corrected chi connectivity index (χ2v) is 2.21. The number of aromatic amines is 1. The van der Waals surface area contributed by atoms with Crippen LogP contribution in [0, 0.1) is 0 Å². The standard InChI is InChI=1S/C3H2IN3O2/c4-7-3(9)6-2(8)1-5-7/h1H,(H,6,8,9). The van der Waals surface area contributed by atoms with Crippen LogP contribution in [0.15, 0.2) is 15.8 Å². The zero-order valence-corrected chi connectivity index (χ0v) is 6.32. The maximum Gasteiger partial charge on any atom is 0.354 e. The highest BCUT2D eigenvalue weighted by molar-refractivity contribution is 14.1. The van der Waals surface area contributed by atoms with Gasteiger partial charge in [-0.3, -0.25) is 9.78 Å². The molecule has 1 aromatic rings. The maximum atomic E-state index is 10.5. The van der Waals surface area contributed by atoms with Crippen LogP contribution >= 0.6 is 22.9 Å². The van der Waals surface area contributed by atoms with Gasteiger partial charge in [-0.05, 0) is 0 Å². The van der Waals surface area contributed by atoms with Crippen molar-refractivity contribution in [3.05, 3.63) is 27.0 Å². The van der Waals surface area contributed by atoms with E-state index in [1.54, 1.807) is 22.9 Å². The molecule has 1 heterocycles. The number of hydrogen-bond acceptors (Lipinski definition) is 3. The molecule has 0 aliphatic heterocycles. The van der Waals surface area contributed by atoms with Crippen LogP contribution < -0.4 is 11.2 Å². The van der Waals surface area contributed by atoms with E-state index in [4.69, 9.17) is 0 Å². The van der Waals surface area contributed by atoms with E-state index >= 15 is 0 Å². The van der Waals surface area contributed by atoms with Gasteiger partial charge in [-0.25, -0.2) is 4.79 Å². The van der Waals surface area contributed by atoms with Gasteiger partial charge in [0.2, 0.25) is 0 Å². The Morgan fingerprint density at radius 3 is 2.78 bits per heavy atom. The van der Waals surface area contributed by atoms with Crippen LogP contribution in [0.1, 0.15) is 0 Å². The molecule has 1 aromatic heterocycles. The highest BCUT2D eigenvalue weighted by Crippen LogP contribution is 1.73. The van der Waals surface area contributed by atoms with Gasteiger partial charge in [0, 0.05) is 0 Å². The van der Waals surface area contributed by atoms with Crippen LogP contribution in [0.4, 0.5) is 0 Å². The molecule has 0 aromatic carbocycles. The quantitative estimate of drug-likeness (QED) is 0.598. The van der Waals surface area contributed by atoms with Crippen molar-refractivity contribution in [1.29, 1.82) is 0 Å². The van der Waals surface area contributed by atoms with E-state index in [0.29, 0.717) is 0 Å². The fourth-order valence-corrected chi connectivity index (χ4v) is 0.585. The summed E-state index contributed by atoms with van der Waals surface area (Å²) in [6.45, 7) is 0. The molecule has 0 bridgehead atoms. The summed E-state index contributed by atoms with van der Waals surface area (Å²) in [6.07, 6.45) is 1.04. The first-order valence-electron chi connectivity index (χ1n) is 2.05. The normalized spacial score (nSPS) is 9.44. The molecule has 1 N–H and O–H groups in total. The molecular weight excluding hydrogens is 237 g/mol. The Balaban J connectivity index is 3.52. The van der Waals surface area contributed by atoms with Gasteiger partial charge in [-0.15, -0.1) is 0 Å². The van der Waals surface area contributed by atoms with Crippen LogP contribution in [-0.2, 0) is 0 Å². The van der Waals surface area contributed by atoms with E-state index in [1.807, 2.05) is 4.98 Å². The Morgan fingerprint density at radius 2 is 2.33 bits per heavy atom. The number of H-pyrrole nitrogens is 1. The van der Waals surface area contributed by atoms with E-state index in [2.05, 4.69) is 5.10 Å². The first kappa shape index (κ1) is 6.46. The molecule has 6 heteroatoms. The molecule has 0 unspecified atom stereocenters. The Labute approximate surface area is 63.2 Å². The third-order valence-electron chi connectivity index (χ3n) is 0.674. The zero-order chi connectivity index (χ0) is 6.85. The molecule has 5 nitrogen and oxygen atoms in total. The first-order valence-corrected chi connectivity index (χ1v) is 3.01. The van der Waals surface area contributed by atoms with Gasteiger partial charge in [-0.1, -0.05) is 0 Å². The number of nitrogens with zero attached hydrogens (tertiary/aromatic N) is 2. The average molecular weight is 239 g/mol. The van der Waals surface area contributed by atoms with Gasteiger partial charge in [0.05, 0.1) is 22.9 Å². The van der Waals surface area contributed by atoms with Gasteiger partial charge in [0.25, 0.3) is 5.56 Å². The van der Waals surface area contributed by atoms with E-state index in [1.165, 1.54) is 0 Å². The predicted molar refractivity (Wildman–Crippen MR) is 38.5 cm³/mol. The van der Waals surface area contributed by atoms with Gasteiger partial charge < -0.3 is 0 Å². The molecule has 0 aliphatic rings. The maximum absolute atomic E-state index is 10.5.